The summed E-state index contributed by atoms with van der Waals surface area (Å²) >= 11 is 0. The third kappa shape index (κ3) is 5.18. The SMILES string of the molecule is C=CCN(Cc1ccccc1)C(=O)NCc1cccc(OC)c1. The second-order valence-corrected chi connectivity index (χ2v) is 5.17. The summed E-state index contributed by atoms with van der Waals surface area (Å²) < 4.78 is 5.19. The lowest BCUT2D eigenvalue weighted by Gasteiger charge is -2.22. The zero-order valence-corrected chi connectivity index (χ0v) is 13.4. The van der Waals surface area contributed by atoms with E-state index in [4.69, 9.17) is 4.74 Å². The van der Waals surface area contributed by atoms with Crippen molar-refractivity contribution in [2.24, 2.45) is 0 Å². The van der Waals surface area contributed by atoms with Gasteiger partial charge in [0.15, 0.2) is 0 Å². The van der Waals surface area contributed by atoms with E-state index in [0.29, 0.717) is 19.6 Å². The molecule has 2 amide bonds. The number of carbonyl (C=O) groups is 1. The van der Waals surface area contributed by atoms with E-state index in [1.807, 2.05) is 54.6 Å². The van der Waals surface area contributed by atoms with Crippen LogP contribution < -0.4 is 10.1 Å². The number of carbonyl (C=O) groups excluding carboxylic acids is 1. The van der Waals surface area contributed by atoms with E-state index in [9.17, 15) is 4.79 Å². The maximum atomic E-state index is 12.4. The first-order chi connectivity index (χ1) is 11.2. The van der Waals surface area contributed by atoms with Crippen molar-refractivity contribution in [3.63, 3.8) is 0 Å². The fourth-order valence-electron chi connectivity index (χ4n) is 2.25. The molecule has 0 unspecified atom stereocenters. The van der Waals surface area contributed by atoms with Crippen LogP contribution in [-0.4, -0.2) is 24.6 Å². The van der Waals surface area contributed by atoms with Crippen LogP contribution in [0.5, 0.6) is 5.75 Å². The van der Waals surface area contributed by atoms with E-state index in [2.05, 4.69) is 11.9 Å². The lowest BCUT2D eigenvalue weighted by molar-refractivity contribution is 0.200. The highest BCUT2D eigenvalue weighted by Crippen LogP contribution is 2.12. The minimum atomic E-state index is -0.114. The highest BCUT2D eigenvalue weighted by molar-refractivity contribution is 5.74. The standard InChI is InChI=1S/C19H22N2O2/c1-3-12-21(15-16-8-5-4-6-9-16)19(22)20-14-17-10-7-11-18(13-17)23-2/h3-11,13H,1,12,14-15H2,2H3,(H,20,22). The Bertz CT molecular complexity index is 641. The van der Waals surface area contributed by atoms with Crippen molar-refractivity contribution in [3.8, 4) is 5.75 Å². The molecule has 120 valence electrons. The quantitative estimate of drug-likeness (QED) is 0.794. The Hall–Kier alpha value is -2.75. The molecule has 0 bridgehead atoms. The zero-order chi connectivity index (χ0) is 16.5. The topological polar surface area (TPSA) is 41.6 Å². The van der Waals surface area contributed by atoms with Gasteiger partial charge in [0.05, 0.1) is 7.11 Å². The molecule has 0 aliphatic rings. The van der Waals surface area contributed by atoms with E-state index in [0.717, 1.165) is 16.9 Å². The molecular formula is C19H22N2O2. The normalized spacial score (nSPS) is 9.96. The number of hydrogen-bond acceptors (Lipinski definition) is 2. The van der Waals surface area contributed by atoms with Crippen molar-refractivity contribution in [1.82, 2.24) is 10.2 Å². The Balaban J connectivity index is 1.96. The number of benzene rings is 2. The number of ether oxygens (including phenoxy) is 1. The van der Waals surface area contributed by atoms with Gasteiger partial charge in [0, 0.05) is 19.6 Å². The van der Waals surface area contributed by atoms with Crippen molar-refractivity contribution < 1.29 is 9.53 Å². The summed E-state index contributed by atoms with van der Waals surface area (Å²) in [5, 5.41) is 2.94. The van der Waals surface area contributed by atoms with Gasteiger partial charge in [-0.15, -0.1) is 6.58 Å². The monoisotopic (exact) mass is 310 g/mol. The van der Waals surface area contributed by atoms with Crippen LogP contribution in [0.2, 0.25) is 0 Å². The lowest BCUT2D eigenvalue weighted by Crippen LogP contribution is -2.39. The fraction of sp³-hybridized carbons (Fsp3) is 0.211. The van der Waals surface area contributed by atoms with E-state index in [-0.39, 0.29) is 6.03 Å². The van der Waals surface area contributed by atoms with Gasteiger partial charge in [-0.2, -0.15) is 0 Å². The third-order valence-corrected chi connectivity index (χ3v) is 3.43. The smallest absolute Gasteiger partial charge is 0.318 e. The molecule has 2 aromatic carbocycles. The first-order valence-electron chi connectivity index (χ1n) is 7.53. The number of methoxy groups -OCH3 is 1. The predicted molar refractivity (Wildman–Crippen MR) is 92.3 cm³/mol. The Labute approximate surface area is 137 Å². The van der Waals surface area contributed by atoms with Crippen LogP contribution in [0.1, 0.15) is 11.1 Å². The lowest BCUT2D eigenvalue weighted by atomic mass is 10.2. The van der Waals surface area contributed by atoms with Crippen molar-refractivity contribution in [2.75, 3.05) is 13.7 Å². The second-order valence-electron chi connectivity index (χ2n) is 5.17. The van der Waals surface area contributed by atoms with Gasteiger partial charge >= 0.3 is 6.03 Å². The average molecular weight is 310 g/mol. The molecule has 0 aliphatic carbocycles. The molecule has 0 aromatic heterocycles. The molecule has 0 saturated carbocycles. The molecule has 0 fully saturated rings. The van der Waals surface area contributed by atoms with E-state index in [1.54, 1.807) is 18.1 Å². The molecule has 2 aromatic rings. The number of rotatable bonds is 7. The molecule has 0 atom stereocenters. The van der Waals surface area contributed by atoms with Crippen LogP contribution in [0.15, 0.2) is 67.3 Å². The Morgan fingerprint density at radius 2 is 1.91 bits per heavy atom. The highest BCUT2D eigenvalue weighted by Gasteiger charge is 2.12. The van der Waals surface area contributed by atoms with E-state index < -0.39 is 0 Å². The molecule has 4 nitrogen and oxygen atoms in total. The average Bonchev–Trinajstić information content (AvgIpc) is 2.60. The zero-order valence-electron chi connectivity index (χ0n) is 13.4. The molecule has 0 spiro atoms. The number of nitrogens with zero attached hydrogens (tertiary/aromatic N) is 1. The fourth-order valence-corrected chi connectivity index (χ4v) is 2.25. The van der Waals surface area contributed by atoms with Gasteiger partial charge in [-0.25, -0.2) is 4.79 Å². The summed E-state index contributed by atoms with van der Waals surface area (Å²) in [6.45, 7) is 5.24. The Morgan fingerprint density at radius 1 is 1.17 bits per heavy atom. The largest absolute Gasteiger partial charge is 0.497 e. The molecular weight excluding hydrogens is 288 g/mol. The predicted octanol–water partition coefficient (Wildman–Crippen LogP) is 3.59. The number of nitrogens with one attached hydrogen (secondary N) is 1. The maximum Gasteiger partial charge on any atom is 0.318 e. The van der Waals surface area contributed by atoms with Gasteiger partial charge in [-0.05, 0) is 23.3 Å². The summed E-state index contributed by atoms with van der Waals surface area (Å²) in [6, 6.07) is 17.5. The highest BCUT2D eigenvalue weighted by atomic mass is 16.5. The van der Waals surface area contributed by atoms with Gasteiger partial charge in [0.1, 0.15) is 5.75 Å². The molecule has 0 saturated heterocycles. The van der Waals surface area contributed by atoms with Crippen molar-refractivity contribution in [1.29, 1.82) is 0 Å². The minimum Gasteiger partial charge on any atom is -0.497 e. The van der Waals surface area contributed by atoms with Crippen LogP contribution in [0.4, 0.5) is 4.79 Å². The molecule has 1 N–H and O–H groups in total. The van der Waals surface area contributed by atoms with Crippen LogP contribution in [0.25, 0.3) is 0 Å². The molecule has 0 aliphatic heterocycles. The van der Waals surface area contributed by atoms with Crippen molar-refractivity contribution >= 4 is 6.03 Å². The number of urea groups is 1. The summed E-state index contributed by atoms with van der Waals surface area (Å²) in [4.78, 5) is 14.1. The second kappa shape index (κ2) is 8.63. The summed E-state index contributed by atoms with van der Waals surface area (Å²) in [7, 11) is 1.63. The molecule has 0 radical (unpaired) electrons. The summed E-state index contributed by atoms with van der Waals surface area (Å²) in [6.07, 6.45) is 1.73. The first-order valence-corrected chi connectivity index (χ1v) is 7.53. The van der Waals surface area contributed by atoms with Crippen molar-refractivity contribution in [2.45, 2.75) is 13.1 Å². The maximum absolute atomic E-state index is 12.4. The molecule has 23 heavy (non-hydrogen) atoms. The molecule has 2 rings (SSSR count). The third-order valence-electron chi connectivity index (χ3n) is 3.43. The van der Waals surface area contributed by atoms with Gasteiger partial charge in [-0.1, -0.05) is 48.5 Å². The van der Waals surface area contributed by atoms with Crippen LogP contribution in [0.3, 0.4) is 0 Å². The van der Waals surface area contributed by atoms with Gasteiger partial charge in [0.2, 0.25) is 0 Å². The van der Waals surface area contributed by atoms with Gasteiger partial charge < -0.3 is 15.0 Å². The number of hydrogen-bond donors (Lipinski definition) is 1. The summed E-state index contributed by atoms with van der Waals surface area (Å²) in [5.41, 5.74) is 2.09. The Morgan fingerprint density at radius 3 is 2.61 bits per heavy atom. The van der Waals surface area contributed by atoms with Gasteiger partial charge in [-0.3, -0.25) is 0 Å². The molecule has 4 heteroatoms. The molecule has 0 heterocycles. The van der Waals surface area contributed by atoms with Crippen LogP contribution in [0, 0.1) is 0 Å². The minimum absolute atomic E-state index is 0.114. The van der Waals surface area contributed by atoms with E-state index >= 15 is 0 Å². The Kier molecular flexibility index (Phi) is 6.24. The van der Waals surface area contributed by atoms with Gasteiger partial charge in [0.25, 0.3) is 0 Å². The van der Waals surface area contributed by atoms with Crippen LogP contribution in [-0.2, 0) is 13.1 Å². The van der Waals surface area contributed by atoms with E-state index in [1.165, 1.54) is 0 Å². The van der Waals surface area contributed by atoms with Crippen LogP contribution >= 0.6 is 0 Å². The number of amides is 2. The first kappa shape index (κ1) is 16.6. The van der Waals surface area contributed by atoms with Crippen molar-refractivity contribution in [3.05, 3.63) is 78.4 Å². The summed E-state index contributed by atoms with van der Waals surface area (Å²) in [5.74, 6) is 0.781.